The lowest BCUT2D eigenvalue weighted by Gasteiger charge is -2.24. The Labute approximate surface area is 70.6 Å². The maximum Gasteiger partial charge on any atom is 0.0156 e. The lowest BCUT2D eigenvalue weighted by molar-refractivity contribution is 0.363. The maximum absolute atomic E-state index is 3.62. The van der Waals surface area contributed by atoms with E-state index < -0.39 is 0 Å². The molecule has 1 heteroatoms. The summed E-state index contributed by atoms with van der Waals surface area (Å²) in [4.78, 5) is 0. The smallest absolute Gasteiger partial charge is 0.0156 e. The largest absolute Gasteiger partial charge is 0.311 e. The molecule has 0 aromatic heterocycles. The second kappa shape index (κ2) is 3.57. The average molecular weight is 155 g/mol. The summed E-state index contributed by atoms with van der Waals surface area (Å²) in [6.07, 6.45) is 5.42. The van der Waals surface area contributed by atoms with Gasteiger partial charge in [-0.3, -0.25) is 0 Å². The lowest BCUT2D eigenvalue weighted by Crippen LogP contribution is -2.35. The van der Waals surface area contributed by atoms with Crippen LogP contribution in [0.15, 0.2) is 0 Å². The van der Waals surface area contributed by atoms with Crippen LogP contribution in [0.2, 0.25) is 0 Å². The van der Waals surface area contributed by atoms with Crippen LogP contribution in [-0.4, -0.2) is 12.1 Å². The first-order chi connectivity index (χ1) is 5.16. The van der Waals surface area contributed by atoms with Gasteiger partial charge >= 0.3 is 0 Å². The molecule has 0 aliphatic carbocycles. The van der Waals surface area contributed by atoms with Gasteiger partial charge in [0.05, 0.1) is 0 Å². The zero-order valence-electron chi connectivity index (χ0n) is 8.11. The molecular formula is C10H21N. The van der Waals surface area contributed by atoms with Crippen molar-refractivity contribution in [3.8, 4) is 0 Å². The molecule has 0 saturated carbocycles. The molecule has 0 bridgehead atoms. The van der Waals surface area contributed by atoms with Crippen LogP contribution in [0.4, 0.5) is 0 Å². The molecule has 1 heterocycles. The second-order valence-corrected chi connectivity index (χ2v) is 4.35. The summed E-state index contributed by atoms with van der Waals surface area (Å²) in [5, 5.41) is 3.62. The van der Waals surface area contributed by atoms with E-state index in [-0.39, 0.29) is 0 Å². The topological polar surface area (TPSA) is 12.0 Å². The fourth-order valence-corrected chi connectivity index (χ4v) is 2.09. The molecule has 1 aliphatic heterocycles. The first kappa shape index (κ1) is 9.05. The Kier molecular flexibility index (Phi) is 2.94. The number of hydrogen-bond donors (Lipinski definition) is 1. The molecule has 2 atom stereocenters. The van der Waals surface area contributed by atoms with Gasteiger partial charge in [0.1, 0.15) is 0 Å². The quantitative estimate of drug-likeness (QED) is 0.660. The normalized spacial score (nSPS) is 37.9. The fourth-order valence-electron chi connectivity index (χ4n) is 2.09. The van der Waals surface area contributed by atoms with Crippen molar-refractivity contribution >= 4 is 0 Å². The van der Waals surface area contributed by atoms with Crippen molar-refractivity contribution in [1.29, 1.82) is 0 Å². The van der Waals surface area contributed by atoms with Gasteiger partial charge in [-0.2, -0.15) is 0 Å². The number of unbranched alkanes of at least 4 members (excludes halogenated alkanes) is 1. The predicted octanol–water partition coefficient (Wildman–Crippen LogP) is 2.56. The van der Waals surface area contributed by atoms with Gasteiger partial charge in [0.2, 0.25) is 0 Å². The van der Waals surface area contributed by atoms with Gasteiger partial charge in [0, 0.05) is 5.54 Å². The van der Waals surface area contributed by atoms with Crippen molar-refractivity contribution in [3.05, 3.63) is 0 Å². The first-order valence-electron chi connectivity index (χ1n) is 4.91. The highest BCUT2D eigenvalue weighted by Gasteiger charge is 2.31. The minimum atomic E-state index is 0.468. The Morgan fingerprint density at radius 2 is 2.27 bits per heavy atom. The minimum Gasteiger partial charge on any atom is -0.311 e. The Morgan fingerprint density at radius 1 is 1.55 bits per heavy atom. The Bertz CT molecular complexity index is 122. The van der Waals surface area contributed by atoms with Crippen LogP contribution in [0.5, 0.6) is 0 Å². The number of rotatable bonds is 3. The van der Waals surface area contributed by atoms with E-state index >= 15 is 0 Å². The molecule has 0 amide bonds. The number of hydrogen-bond acceptors (Lipinski definition) is 1. The van der Waals surface area contributed by atoms with Crippen molar-refractivity contribution in [1.82, 2.24) is 5.32 Å². The zero-order chi connectivity index (χ0) is 8.32. The van der Waals surface area contributed by atoms with Crippen LogP contribution < -0.4 is 5.32 Å². The van der Waals surface area contributed by atoms with Crippen LogP contribution in [0.1, 0.15) is 46.5 Å². The molecule has 0 spiro atoms. The van der Waals surface area contributed by atoms with Crippen LogP contribution in [-0.2, 0) is 0 Å². The summed E-state index contributed by atoms with van der Waals surface area (Å²) >= 11 is 0. The number of nitrogens with one attached hydrogen (secondary N) is 1. The lowest BCUT2D eigenvalue weighted by atomic mass is 9.90. The summed E-state index contributed by atoms with van der Waals surface area (Å²) in [6.45, 7) is 8.19. The SMILES string of the molecule is CCCCC1(C)C[C@H](C)CN1. The molecule has 1 fully saturated rings. The Hall–Kier alpha value is -0.0400. The Morgan fingerprint density at radius 3 is 2.73 bits per heavy atom. The summed E-state index contributed by atoms with van der Waals surface area (Å²) in [6, 6.07) is 0. The van der Waals surface area contributed by atoms with Crippen LogP contribution >= 0.6 is 0 Å². The van der Waals surface area contributed by atoms with E-state index in [0.717, 1.165) is 5.92 Å². The van der Waals surface area contributed by atoms with Crippen LogP contribution in [0, 0.1) is 5.92 Å². The summed E-state index contributed by atoms with van der Waals surface area (Å²) in [5.74, 6) is 0.886. The monoisotopic (exact) mass is 155 g/mol. The van der Waals surface area contributed by atoms with E-state index in [2.05, 4.69) is 26.1 Å². The Balaban J connectivity index is 2.29. The summed E-state index contributed by atoms with van der Waals surface area (Å²) < 4.78 is 0. The highest BCUT2D eigenvalue weighted by Crippen LogP contribution is 2.27. The molecule has 0 aromatic rings. The van der Waals surface area contributed by atoms with Crippen molar-refractivity contribution < 1.29 is 0 Å². The van der Waals surface area contributed by atoms with Gasteiger partial charge in [-0.25, -0.2) is 0 Å². The molecule has 1 saturated heterocycles. The molecule has 66 valence electrons. The summed E-state index contributed by atoms with van der Waals surface area (Å²) in [7, 11) is 0. The van der Waals surface area contributed by atoms with Gasteiger partial charge in [0.15, 0.2) is 0 Å². The first-order valence-corrected chi connectivity index (χ1v) is 4.91. The molecule has 11 heavy (non-hydrogen) atoms. The van der Waals surface area contributed by atoms with Gasteiger partial charge in [-0.1, -0.05) is 26.7 Å². The van der Waals surface area contributed by atoms with E-state index in [0.29, 0.717) is 5.54 Å². The molecule has 1 nitrogen and oxygen atoms in total. The van der Waals surface area contributed by atoms with E-state index in [9.17, 15) is 0 Å². The van der Waals surface area contributed by atoms with Crippen molar-refractivity contribution in [2.45, 2.75) is 52.0 Å². The summed E-state index contributed by atoms with van der Waals surface area (Å²) in [5.41, 5.74) is 0.468. The third kappa shape index (κ3) is 2.48. The maximum atomic E-state index is 3.62. The standard InChI is InChI=1S/C10H21N/c1-4-5-6-10(3)7-9(2)8-11-10/h9,11H,4-8H2,1-3H3/t9-,10?/m0/s1. The second-order valence-electron chi connectivity index (χ2n) is 4.35. The van der Waals surface area contributed by atoms with Gasteiger partial charge in [-0.15, -0.1) is 0 Å². The van der Waals surface area contributed by atoms with E-state index in [1.165, 1.54) is 32.2 Å². The molecular weight excluding hydrogens is 134 g/mol. The van der Waals surface area contributed by atoms with Gasteiger partial charge in [0.25, 0.3) is 0 Å². The fraction of sp³-hybridized carbons (Fsp3) is 1.00. The molecule has 1 unspecified atom stereocenters. The van der Waals surface area contributed by atoms with Crippen molar-refractivity contribution in [2.75, 3.05) is 6.54 Å². The van der Waals surface area contributed by atoms with Crippen molar-refractivity contribution in [2.24, 2.45) is 5.92 Å². The zero-order valence-corrected chi connectivity index (χ0v) is 8.11. The van der Waals surface area contributed by atoms with Gasteiger partial charge < -0.3 is 5.32 Å². The third-order valence-corrected chi connectivity index (χ3v) is 2.76. The van der Waals surface area contributed by atoms with Gasteiger partial charge in [-0.05, 0) is 32.2 Å². The highest BCUT2D eigenvalue weighted by atomic mass is 15.0. The average Bonchev–Trinajstić information content (AvgIpc) is 2.28. The highest BCUT2D eigenvalue weighted by molar-refractivity contribution is 4.91. The van der Waals surface area contributed by atoms with E-state index in [4.69, 9.17) is 0 Å². The molecule has 0 aromatic carbocycles. The van der Waals surface area contributed by atoms with Crippen molar-refractivity contribution in [3.63, 3.8) is 0 Å². The third-order valence-electron chi connectivity index (χ3n) is 2.76. The molecule has 1 aliphatic rings. The molecule has 1 rings (SSSR count). The molecule has 1 N–H and O–H groups in total. The van der Waals surface area contributed by atoms with Crippen LogP contribution in [0.25, 0.3) is 0 Å². The predicted molar refractivity (Wildman–Crippen MR) is 49.7 cm³/mol. The minimum absolute atomic E-state index is 0.468. The van der Waals surface area contributed by atoms with Crippen LogP contribution in [0.3, 0.4) is 0 Å². The molecule has 0 radical (unpaired) electrons. The van der Waals surface area contributed by atoms with E-state index in [1.807, 2.05) is 0 Å². The van der Waals surface area contributed by atoms with E-state index in [1.54, 1.807) is 0 Å².